The molecule has 7 heteroatoms. The van der Waals surface area contributed by atoms with Crippen molar-refractivity contribution >= 4 is 29.6 Å². The predicted octanol–water partition coefficient (Wildman–Crippen LogP) is 4.93. The van der Waals surface area contributed by atoms with Crippen LogP contribution < -0.4 is 14.8 Å². The smallest absolute Gasteiger partial charge is 0.329 e. The number of nitrogens with zero attached hydrogens (tertiary/aromatic N) is 1. The quantitative estimate of drug-likeness (QED) is 0.478. The zero-order valence-electron chi connectivity index (χ0n) is 17.3. The molecule has 1 N–H and O–H groups in total. The van der Waals surface area contributed by atoms with E-state index < -0.39 is 6.03 Å². The fraction of sp³-hybridized carbons (Fsp3) is 0.304. The van der Waals surface area contributed by atoms with Crippen LogP contribution in [-0.4, -0.2) is 30.0 Å². The van der Waals surface area contributed by atoms with Gasteiger partial charge in [-0.3, -0.25) is 9.69 Å². The molecule has 30 heavy (non-hydrogen) atoms. The molecule has 1 aliphatic heterocycles. The minimum absolute atomic E-state index is 0.209. The maximum absolute atomic E-state index is 12.4. The van der Waals surface area contributed by atoms with Gasteiger partial charge in [0.2, 0.25) is 0 Å². The first-order valence-corrected chi connectivity index (χ1v) is 10.3. The van der Waals surface area contributed by atoms with Gasteiger partial charge in [-0.2, -0.15) is 0 Å². The fourth-order valence-corrected chi connectivity index (χ4v) is 3.47. The van der Waals surface area contributed by atoms with Gasteiger partial charge in [0.25, 0.3) is 5.91 Å². The van der Waals surface area contributed by atoms with Gasteiger partial charge >= 0.3 is 6.03 Å². The van der Waals surface area contributed by atoms with E-state index in [9.17, 15) is 9.59 Å². The number of imide groups is 1. The molecule has 0 spiro atoms. The van der Waals surface area contributed by atoms with Crippen LogP contribution in [-0.2, 0) is 11.4 Å². The minimum atomic E-state index is -0.415. The standard InChI is InChI=1S/C23H25ClN2O4/c1-4-9-26-22(27)19(25-23(26)28)12-17-11-18(24)21(20(13-17)29-5-2)30-14-16-8-6-7-15(3)10-16/h6-8,10-13H,4-5,9,14H2,1-3H3,(H,25,28)/b19-12+. The van der Waals surface area contributed by atoms with Crippen molar-refractivity contribution in [2.75, 3.05) is 13.2 Å². The van der Waals surface area contributed by atoms with Crippen molar-refractivity contribution in [2.45, 2.75) is 33.8 Å². The zero-order chi connectivity index (χ0) is 21.7. The Balaban J connectivity index is 1.86. The van der Waals surface area contributed by atoms with Crippen molar-refractivity contribution in [3.63, 3.8) is 0 Å². The summed E-state index contributed by atoms with van der Waals surface area (Å²) in [5.41, 5.74) is 3.01. The lowest BCUT2D eigenvalue weighted by Crippen LogP contribution is -2.31. The molecule has 0 saturated carbocycles. The maximum atomic E-state index is 12.4. The highest BCUT2D eigenvalue weighted by Gasteiger charge is 2.32. The Hall–Kier alpha value is -2.99. The largest absolute Gasteiger partial charge is 0.490 e. The van der Waals surface area contributed by atoms with E-state index in [1.807, 2.05) is 45.0 Å². The van der Waals surface area contributed by atoms with Crippen LogP contribution in [0.5, 0.6) is 11.5 Å². The molecule has 1 saturated heterocycles. The van der Waals surface area contributed by atoms with Crippen LogP contribution in [0.15, 0.2) is 42.1 Å². The van der Waals surface area contributed by atoms with Crippen LogP contribution >= 0.6 is 11.6 Å². The van der Waals surface area contributed by atoms with Crippen molar-refractivity contribution in [3.8, 4) is 11.5 Å². The average Bonchev–Trinajstić information content (AvgIpc) is 2.95. The van der Waals surface area contributed by atoms with E-state index in [1.165, 1.54) is 4.90 Å². The number of nitrogens with one attached hydrogen (secondary N) is 1. The number of hydrogen-bond donors (Lipinski definition) is 1. The first-order valence-electron chi connectivity index (χ1n) is 9.92. The van der Waals surface area contributed by atoms with Crippen LogP contribution in [0.25, 0.3) is 6.08 Å². The van der Waals surface area contributed by atoms with Crippen LogP contribution in [0.4, 0.5) is 4.79 Å². The van der Waals surface area contributed by atoms with Gasteiger partial charge in [0.1, 0.15) is 12.3 Å². The first-order chi connectivity index (χ1) is 14.4. The molecule has 3 rings (SSSR count). The Morgan fingerprint density at radius 3 is 2.63 bits per heavy atom. The lowest BCUT2D eigenvalue weighted by Gasteiger charge is -2.15. The van der Waals surface area contributed by atoms with E-state index in [0.717, 1.165) is 11.1 Å². The van der Waals surface area contributed by atoms with Gasteiger partial charge in [-0.1, -0.05) is 48.4 Å². The molecule has 0 aromatic heterocycles. The Morgan fingerprint density at radius 1 is 1.13 bits per heavy atom. The van der Waals surface area contributed by atoms with Crippen molar-refractivity contribution in [2.24, 2.45) is 0 Å². The number of carbonyl (C=O) groups is 2. The molecule has 3 amide bonds. The number of ether oxygens (including phenoxy) is 2. The molecule has 0 radical (unpaired) electrons. The highest BCUT2D eigenvalue weighted by Crippen LogP contribution is 2.38. The lowest BCUT2D eigenvalue weighted by atomic mass is 10.1. The van der Waals surface area contributed by atoms with Crippen molar-refractivity contribution in [3.05, 3.63) is 63.8 Å². The van der Waals surface area contributed by atoms with E-state index in [0.29, 0.717) is 48.3 Å². The van der Waals surface area contributed by atoms with Gasteiger partial charge in [0.05, 0.1) is 11.6 Å². The fourth-order valence-electron chi connectivity index (χ4n) is 3.20. The predicted molar refractivity (Wildman–Crippen MR) is 117 cm³/mol. The first kappa shape index (κ1) is 21.7. The summed E-state index contributed by atoms with van der Waals surface area (Å²) < 4.78 is 11.7. The van der Waals surface area contributed by atoms with Gasteiger partial charge in [0.15, 0.2) is 11.5 Å². The molecule has 1 fully saturated rings. The molecule has 1 heterocycles. The second-order valence-electron chi connectivity index (χ2n) is 6.99. The molecule has 2 aromatic rings. The summed E-state index contributed by atoms with van der Waals surface area (Å²) in [6.07, 6.45) is 2.29. The second kappa shape index (κ2) is 9.67. The molecular weight excluding hydrogens is 404 g/mol. The highest BCUT2D eigenvalue weighted by molar-refractivity contribution is 6.32. The SMILES string of the molecule is CCCN1C(=O)N/C(=C/c2cc(Cl)c(OCc3cccc(C)c3)c(OCC)c2)C1=O. The average molecular weight is 429 g/mol. The molecular formula is C23H25ClN2O4. The Labute approximate surface area is 181 Å². The van der Waals surface area contributed by atoms with E-state index in [-0.39, 0.29) is 11.6 Å². The monoisotopic (exact) mass is 428 g/mol. The van der Waals surface area contributed by atoms with E-state index in [4.69, 9.17) is 21.1 Å². The summed E-state index contributed by atoms with van der Waals surface area (Å²) in [5.74, 6) is 0.568. The number of hydrogen-bond acceptors (Lipinski definition) is 4. The van der Waals surface area contributed by atoms with Gasteiger partial charge in [-0.25, -0.2) is 4.79 Å². The van der Waals surface area contributed by atoms with Crippen molar-refractivity contribution < 1.29 is 19.1 Å². The van der Waals surface area contributed by atoms with E-state index >= 15 is 0 Å². The summed E-state index contributed by atoms with van der Waals surface area (Å²) in [6, 6.07) is 11.0. The molecule has 0 bridgehead atoms. The molecule has 6 nitrogen and oxygen atoms in total. The van der Waals surface area contributed by atoms with Crippen LogP contribution in [0.2, 0.25) is 5.02 Å². The summed E-state index contributed by atoms with van der Waals surface area (Å²) in [7, 11) is 0. The topological polar surface area (TPSA) is 67.9 Å². The third-order valence-corrected chi connectivity index (χ3v) is 4.80. The number of amides is 3. The lowest BCUT2D eigenvalue weighted by molar-refractivity contribution is -0.122. The molecule has 2 aromatic carbocycles. The summed E-state index contributed by atoms with van der Waals surface area (Å²) in [5, 5.41) is 2.97. The van der Waals surface area contributed by atoms with Crippen molar-refractivity contribution in [1.29, 1.82) is 0 Å². The van der Waals surface area contributed by atoms with E-state index in [2.05, 4.69) is 5.32 Å². The molecule has 1 aliphatic rings. The van der Waals surface area contributed by atoms with Crippen LogP contribution in [0.1, 0.15) is 37.0 Å². The Bertz CT molecular complexity index is 987. The molecule has 0 unspecified atom stereocenters. The minimum Gasteiger partial charge on any atom is -0.490 e. The second-order valence-corrected chi connectivity index (χ2v) is 7.39. The summed E-state index contributed by atoms with van der Waals surface area (Å²) in [6.45, 7) is 6.95. The highest BCUT2D eigenvalue weighted by atomic mass is 35.5. The normalized spacial score (nSPS) is 14.9. The number of benzene rings is 2. The third-order valence-electron chi connectivity index (χ3n) is 4.52. The van der Waals surface area contributed by atoms with E-state index in [1.54, 1.807) is 18.2 Å². The van der Waals surface area contributed by atoms with Crippen LogP contribution in [0.3, 0.4) is 0 Å². The number of urea groups is 1. The molecule has 0 atom stereocenters. The Kier molecular flexibility index (Phi) is 7.00. The third kappa shape index (κ3) is 4.94. The van der Waals surface area contributed by atoms with Gasteiger partial charge in [0, 0.05) is 6.54 Å². The molecule has 0 aliphatic carbocycles. The Morgan fingerprint density at radius 2 is 1.93 bits per heavy atom. The maximum Gasteiger partial charge on any atom is 0.329 e. The summed E-state index contributed by atoms with van der Waals surface area (Å²) in [4.78, 5) is 25.6. The van der Waals surface area contributed by atoms with Crippen molar-refractivity contribution in [1.82, 2.24) is 10.2 Å². The molecule has 158 valence electrons. The summed E-state index contributed by atoms with van der Waals surface area (Å²) >= 11 is 6.48. The van der Waals surface area contributed by atoms with Gasteiger partial charge < -0.3 is 14.8 Å². The number of halogens is 1. The van der Waals surface area contributed by atoms with Gasteiger partial charge in [-0.15, -0.1) is 0 Å². The number of rotatable bonds is 8. The number of aryl methyl sites for hydroxylation is 1. The van der Waals surface area contributed by atoms with Crippen LogP contribution in [0, 0.1) is 6.92 Å². The van der Waals surface area contributed by atoms with Gasteiger partial charge in [-0.05, 0) is 49.6 Å². The zero-order valence-corrected chi connectivity index (χ0v) is 18.1. The number of carbonyl (C=O) groups excluding carboxylic acids is 2.